The second-order valence-electron chi connectivity index (χ2n) is 8.31. The first-order valence-electron chi connectivity index (χ1n) is 10.4. The zero-order valence-corrected chi connectivity index (χ0v) is 18.1. The Bertz CT molecular complexity index is 1200. The third-order valence-corrected chi connectivity index (χ3v) is 7.14. The summed E-state index contributed by atoms with van der Waals surface area (Å²) in [4.78, 5) is 26.8. The summed E-state index contributed by atoms with van der Waals surface area (Å²) in [5.41, 5.74) is 3.48. The Labute approximate surface area is 183 Å². The van der Waals surface area contributed by atoms with Crippen molar-refractivity contribution >= 4 is 33.1 Å². The first kappa shape index (κ1) is 19.5. The van der Waals surface area contributed by atoms with Gasteiger partial charge in [0.05, 0.1) is 12.3 Å². The fraction of sp³-hybridized carbons (Fsp3) is 0.333. The highest BCUT2D eigenvalue weighted by atomic mass is 79.9. The smallest absolute Gasteiger partial charge is 0.263 e. The highest BCUT2D eigenvalue weighted by Crippen LogP contribution is 2.41. The number of nitrogens with zero attached hydrogens (tertiary/aromatic N) is 2. The lowest BCUT2D eigenvalue weighted by Crippen LogP contribution is -2.26. The predicted octanol–water partition coefficient (Wildman–Crippen LogP) is 4.07. The Morgan fingerprint density at radius 3 is 2.63 bits per heavy atom. The van der Waals surface area contributed by atoms with E-state index in [0.717, 1.165) is 28.4 Å². The minimum Gasteiger partial charge on any atom is -0.392 e. The van der Waals surface area contributed by atoms with E-state index in [9.17, 15) is 14.7 Å². The van der Waals surface area contributed by atoms with E-state index in [4.69, 9.17) is 0 Å². The maximum absolute atomic E-state index is 13.7. The SMILES string of the molecule is O=CN1CCC(c2cc3cc(C4CC4)ccc3c(=O)n2-c2cccc(Br)c2CO)C1. The number of amides is 1. The quantitative estimate of drug-likeness (QED) is 0.576. The third-order valence-electron chi connectivity index (χ3n) is 6.40. The van der Waals surface area contributed by atoms with E-state index in [1.807, 2.05) is 24.3 Å². The van der Waals surface area contributed by atoms with Crippen molar-refractivity contribution in [2.24, 2.45) is 0 Å². The van der Waals surface area contributed by atoms with Gasteiger partial charge in [-0.2, -0.15) is 0 Å². The van der Waals surface area contributed by atoms with Gasteiger partial charge in [0.1, 0.15) is 0 Å². The van der Waals surface area contributed by atoms with E-state index >= 15 is 0 Å². The van der Waals surface area contributed by atoms with Crippen molar-refractivity contribution in [2.75, 3.05) is 13.1 Å². The molecule has 5 rings (SSSR count). The molecule has 1 saturated carbocycles. The molecule has 1 atom stereocenters. The van der Waals surface area contributed by atoms with Crippen LogP contribution in [0.25, 0.3) is 16.5 Å². The van der Waals surface area contributed by atoms with Crippen LogP contribution in [-0.4, -0.2) is 34.1 Å². The van der Waals surface area contributed by atoms with Crippen LogP contribution < -0.4 is 5.56 Å². The largest absolute Gasteiger partial charge is 0.392 e. The topological polar surface area (TPSA) is 62.5 Å². The molecule has 3 aromatic rings. The molecule has 2 aromatic carbocycles. The van der Waals surface area contributed by atoms with Gasteiger partial charge in [0.2, 0.25) is 6.41 Å². The van der Waals surface area contributed by atoms with Crippen LogP contribution in [0.1, 0.15) is 47.9 Å². The number of aromatic nitrogens is 1. The average Bonchev–Trinajstić information content (AvgIpc) is 3.50. The van der Waals surface area contributed by atoms with Crippen molar-refractivity contribution in [2.45, 2.75) is 37.7 Å². The van der Waals surface area contributed by atoms with Crippen LogP contribution in [0.3, 0.4) is 0 Å². The Hall–Kier alpha value is -2.44. The van der Waals surface area contributed by atoms with Crippen LogP contribution in [0.2, 0.25) is 0 Å². The van der Waals surface area contributed by atoms with Gasteiger partial charge in [0.25, 0.3) is 5.56 Å². The summed E-state index contributed by atoms with van der Waals surface area (Å²) >= 11 is 3.51. The van der Waals surface area contributed by atoms with E-state index in [-0.39, 0.29) is 18.1 Å². The maximum Gasteiger partial charge on any atom is 0.263 e. The van der Waals surface area contributed by atoms with Crippen molar-refractivity contribution in [3.8, 4) is 5.69 Å². The lowest BCUT2D eigenvalue weighted by atomic mass is 9.98. The Balaban J connectivity index is 1.77. The van der Waals surface area contributed by atoms with E-state index in [2.05, 4.69) is 34.1 Å². The van der Waals surface area contributed by atoms with Gasteiger partial charge < -0.3 is 10.0 Å². The lowest BCUT2D eigenvalue weighted by Gasteiger charge is -2.21. The summed E-state index contributed by atoms with van der Waals surface area (Å²) < 4.78 is 2.51. The molecule has 1 aromatic heterocycles. The first-order valence-corrected chi connectivity index (χ1v) is 11.2. The fourth-order valence-corrected chi connectivity index (χ4v) is 5.10. The molecule has 6 heteroatoms. The normalized spacial score (nSPS) is 18.9. The molecular weight excluding hydrogens is 444 g/mol. The van der Waals surface area contributed by atoms with E-state index in [1.165, 1.54) is 18.4 Å². The van der Waals surface area contributed by atoms with Gasteiger partial charge in [0, 0.05) is 40.1 Å². The molecule has 1 unspecified atom stereocenters. The van der Waals surface area contributed by atoms with Crippen LogP contribution in [-0.2, 0) is 11.4 Å². The number of pyridine rings is 1. The van der Waals surface area contributed by atoms with Gasteiger partial charge in [-0.05, 0) is 60.4 Å². The monoisotopic (exact) mass is 466 g/mol. The number of carbonyl (C=O) groups is 1. The molecule has 1 saturated heterocycles. The van der Waals surface area contributed by atoms with Crippen molar-refractivity contribution in [3.05, 3.63) is 74.1 Å². The second-order valence-corrected chi connectivity index (χ2v) is 9.17. The highest BCUT2D eigenvalue weighted by molar-refractivity contribution is 9.10. The summed E-state index contributed by atoms with van der Waals surface area (Å²) in [5, 5.41) is 11.6. The third kappa shape index (κ3) is 3.28. The van der Waals surface area contributed by atoms with Crippen LogP contribution in [0, 0.1) is 0 Å². The predicted molar refractivity (Wildman–Crippen MR) is 120 cm³/mol. The zero-order chi connectivity index (χ0) is 20.8. The molecule has 5 nitrogen and oxygen atoms in total. The zero-order valence-electron chi connectivity index (χ0n) is 16.6. The number of rotatable bonds is 5. The molecular formula is C24H23BrN2O3. The Kier molecular flexibility index (Phi) is 4.99. The molecule has 1 N–H and O–H groups in total. The van der Waals surface area contributed by atoms with Crippen molar-refractivity contribution in [1.82, 2.24) is 9.47 Å². The number of hydrogen-bond donors (Lipinski definition) is 1. The molecule has 0 radical (unpaired) electrons. The summed E-state index contributed by atoms with van der Waals surface area (Å²) in [5.74, 6) is 0.686. The molecule has 0 bridgehead atoms. The molecule has 2 aliphatic rings. The van der Waals surface area contributed by atoms with E-state index < -0.39 is 0 Å². The van der Waals surface area contributed by atoms with Gasteiger partial charge in [-0.1, -0.05) is 34.1 Å². The van der Waals surface area contributed by atoms with Crippen molar-refractivity contribution in [3.63, 3.8) is 0 Å². The Morgan fingerprint density at radius 1 is 1.10 bits per heavy atom. The van der Waals surface area contributed by atoms with Gasteiger partial charge in [-0.15, -0.1) is 0 Å². The average molecular weight is 467 g/mol. The molecule has 2 fully saturated rings. The number of aliphatic hydroxyl groups excluding tert-OH is 1. The van der Waals surface area contributed by atoms with E-state index in [0.29, 0.717) is 35.6 Å². The minimum absolute atomic E-state index is 0.0717. The number of halogens is 1. The maximum atomic E-state index is 13.7. The van der Waals surface area contributed by atoms with Crippen LogP contribution >= 0.6 is 15.9 Å². The molecule has 1 amide bonds. The first-order chi connectivity index (χ1) is 14.6. The van der Waals surface area contributed by atoms with Gasteiger partial charge in [-0.25, -0.2) is 0 Å². The fourth-order valence-electron chi connectivity index (χ4n) is 4.61. The number of hydrogen-bond acceptors (Lipinski definition) is 3. The van der Waals surface area contributed by atoms with Crippen LogP contribution in [0.5, 0.6) is 0 Å². The van der Waals surface area contributed by atoms with Crippen LogP contribution in [0.4, 0.5) is 0 Å². The molecule has 154 valence electrons. The van der Waals surface area contributed by atoms with Crippen molar-refractivity contribution < 1.29 is 9.90 Å². The number of benzene rings is 2. The summed E-state index contributed by atoms with van der Waals surface area (Å²) in [6.07, 6.45) is 4.12. The van der Waals surface area contributed by atoms with Crippen LogP contribution in [0.15, 0.2) is 51.7 Å². The van der Waals surface area contributed by atoms with E-state index in [1.54, 1.807) is 9.47 Å². The lowest BCUT2D eigenvalue weighted by molar-refractivity contribution is -0.117. The standard InChI is InChI=1S/C24H23BrN2O3/c25-21-2-1-3-22(20(21)13-28)27-23(17-8-9-26(12-17)14-29)11-18-10-16(15-4-5-15)6-7-19(18)24(27)30/h1-3,6-7,10-11,14-15,17,28H,4-5,8-9,12-13H2. The number of carbonyl (C=O) groups excluding carboxylic acids is 1. The summed E-state index contributed by atoms with van der Waals surface area (Å²) in [6, 6.07) is 13.9. The van der Waals surface area contributed by atoms with Gasteiger partial charge in [0.15, 0.2) is 0 Å². The molecule has 30 heavy (non-hydrogen) atoms. The number of aliphatic hydroxyl groups is 1. The Morgan fingerprint density at radius 2 is 1.93 bits per heavy atom. The molecule has 1 aliphatic heterocycles. The number of fused-ring (bicyclic) bond motifs is 1. The molecule has 1 aliphatic carbocycles. The molecule has 0 spiro atoms. The molecule has 2 heterocycles. The van der Waals surface area contributed by atoms with Gasteiger partial charge >= 0.3 is 0 Å². The second kappa shape index (κ2) is 7.67. The van der Waals surface area contributed by atoms with Gasteiger partial charge in [-0.3, -0.25) is 14.2 Å². The highest BCUT2D eigenvalue weighted by Gasteiger charge is 2.28. The minimum atomic E-state index is -0.174. The summed E-state index contributed by atoms with van der Waals surface area (Å²) in [6.45, 7) is 1.11. The number of likely N-dealkylation sites (tertiary alicyclic amines) is 1. The van der Waals surface area contributed by atoms with Crippen molar-refractivity contribution in [1.29, 1.82) is 0 Å². The summed E-state index contributed by atoms with van der Waals surface area (Å²) in [7, 11) is 0.